The second-order valence-electron chi connectivity index (χ2n) is 7.00. The molecule has 0 nitrogen and oxygen atoms in total. The monoisotopic (exact) mass is 356 g/mol. The molecule has 1 aliphatic carbocycles. The van der Waals surface area contributed by atoms with E-state index in [2.05, 4.69) is 48.6 Å². The van der Waals surface area contributed by atoms with Crippen LogP contribution in [0.5, 0.6) is 0 Å². The number of unbranched alkanes of at least 4 members (excludes halogenated alkanes) is 1. The van der Waals surface area contributed by atoms with Gasteiger partial charge in [-0.15, -0.1) is 0 Å². The van der Waals surface area contributed by atoms with Gasteiger partial charge in [0.05, 0.1) is 6.67 Å². The van der Waals surface area contributed by atoms with Gasteiger partial charge in [-0.2, -0.15) is 0 Å². The number of allylic oxidation sites excluding steroid dienone is 2. The van der Waals surface area contributed by atoms with Gasteiger partial charge in [0.2, 0.25) is 0 Å². The topological polar surface area (TPSA) is 0 Å². The minimum Gasteiger partial charge on any atom is -0.251 e. The van der Waals surface area contributed by atoms with E-state index in [0.29, 0.717) is 18.3 Å². The number of halogens is 2. The van der Waals surface area contributed by atoms with Crippen molar-refractivity contribution >= 4 is 11.6 Å². The Morgan fingerprint density at radius 1 is 0.880 bits per heavy atom. The molecule has 0 unspecified atom stereocenters. The van der Waals surface area contributed by atoms with E-state index in [9.17, 15) is 4.39 Å². The van der Waals surface area contributed by atoms with E-state index in [1.54, 1.807) is 0 Å². The van der Waals surface area contributed by atoms with Crippen LogP contribution in [0.3, 0.4) is 0 Å². The second-order valence-corrected chi connectivity index (χ2v) is 7.44. The number of hydrogen-bond donors (Lipinski definition) is 0. The predicted octanol–water partition coefficient (Wildman–Crippen LogP) is 7.59. The van der Waals surface area contributed by atoms with Crippen LogP contribution in [0.1, 0.15) is 50.0 Å². The first-order chi connectivity index (χ1) is 12.3. The van der Waals surface area contributed by atoms with Crippen molar-refractivity contribution in [3.05, 3.63) is 71.3 Å². The van der Waals surface area contributed by atoms with Crippen LogP contribution in [0, 0.1) is 5.92 Å². The first kappa shape index (κ1) is 18.2. The van der Waals surface area contributed by atoms with Gasteiger partial charge < -0.3 is 0 Å². The molecule has 0 saturated heterocycles. The van der Waals surface area contributed by atoms with Crippen molar-refractivity contribution in [2.45, 2.75) is 44.4 Å². The Bertz CT molecular complexity index is 664. The van der Waals surface area contributed by atoms with Crippen LogP contribution < -0.4 is 0 Å². The summed E-state index contributed by atoms with van der Waals surface area (Å²) in [6, 6.07) is 17.0. The Morgan fingerprint density at radius 2 is 1.48 bits per heavy atom. The fraction of sp³-hybridized carbons (Fsp3) is 0.391. The van der Waals surface area contributed by atoms with Crippen LogP contribution in [0.4, 0.5) is 4.39 Å². The van der Waals surface area contributed by atoms with Gasteiger partial charge in [-0.3, -0.25) is 4.39 Å². The van der Waals surface area contributed by atoms with E-state index in [4.69, 9.17) is 11.6 Å². The number of benzene rings is 2. The van der Waals surface area contributed by atoms with E-state index in [0.717, 1.165) is 11.4 Å². The summed E-state index contributed by atoms with van der Waals surface area (Å²) in [5.41, 5.74) is 3.90. The number of hydrogen-bond acceptors (Lipinski definition) is 0. The molecule has 0 heterocycles. The molecule has 0 atom stereocenters. The van der Waals surface area contributed by atoms with Crippen LogP contribution in [0.2, 0.25) is 5.02 Å². The highest BCUT2D eigenvalue weighted by Gasteiger charge is 2.20. The molecule has 0 aromatic heterocycles. The van der Waals surface area contributed by atoms with Gasteiger partial charge in [-0.25, -0.2) is 0 Å². The Morgan fingerprint density at radius 3 is 2.08 bits per heavy atom. The SMILES string of the molecule is FCCC/C=C/C1CCC(c2ccc(-c3ccc(Cl)cc3)cc2)CC1. The number of rotatable bonds is 6. The van der Waals surface area contributed by atoms with Crippen molar-refractivity contribution in [3.8, 4) is 11.1 Å². The zero-order valence-corrected chi connectivity index (χ0v) is 15.4. The molecule has 1 fully saturated rings. The van der Waals surface area contributed by atoms with Crippen LogP contribution >= 0.6 is 11.6 Å². The maximum absolute atomic E-state index is 12.1. The maximum Gasteiger partial charge on any atom is 0.0897 e. The third-order valence-electron chi connectivity index (χ3n) is 5.24. The molecule has 0 bridgehead atoms. The molecule has 25 heavy (non-hydrogen) atoms. The molecular formula is C23H26ClF. The molecule has 2 aromatic carbocycles. The summed E-state index contributed by atoms with van der Waals surface area (Å²) in [5.74, 6) is 1.36. The highest BCUT2D eigenvalue weighted by atomic mass is 35.5. The normalized spacial score (nSPS) is 20.9. The molecule has 0 spiro atoms. The predicted molar refractivity (Wildman–Crippen MR) is 106 cm³/mol. The molecule has 0 aliphatic heterocycles. The Kier molecular flexibility index (Phi) is 6.69. The molecule has 1 saturated carbocycles. The molecular weight excluding hydrogens is 331 g/mol. The van der Waals surface area contributed by atoms with E-state index >= 15 is 0 Å². The quantitative estimate of drug-likeness (QED) is 0.369. The van der Waals surface area contributed by atoms with E-state index in [1.807, 2.05) is 12.1 Å². The smallest absolute Gasteiger partial charge is 0.0897 e. The molecule has 0 N–H and O–H groups in total. The van der Waals surface area contributed by atoms with E-state index in [-0.39, 0.29) is 6.67 Å². The molecule has 0 radical (unpaired) electrons. The summed E-state index contributed by atoms with van der Waals surface area (Å²) >= 11 is 5.96. The summed E-state index contributed by atoms with van der Waals surface area (Å²) in [4.78, 5) is 0. The lowest BCUT2D eigenvalue weighted by Gasteiger charge is -2.27. The molecule has 3 rings (SSSR count). The lowest BCUT2D eigenvalue weighted by molar-refractivity contribution is 0.375. The van der Waals surface area contributed by atoms with Gasteiger partial charge >= 0.3 is 0 Å². The van der Waals surface area contributed by atoms with Crippen molar-refractivity contribution in [3.63, 3.8) is 0 Å². The summed E-state index contributed by atoms with van der Waals surface area (Å²) in [6.45, 7) is -0.205. The summed E-state index contributed by atoms with van der Waals surface area (Å²) in [7, 11) is 0. The van der Waals surface area contributed by atoms with Gasteiger partial charge in [-0.05, 0) is 79.2 Å². The summed E-state index contributed by atoms with van der Waals surface area (Å²) in [5, 5.41) is 0.774. The fourth-order valence-electron chi connectivity index (χ4n) is 3.72. The second kappa shape index (κ2) is 9.20. The lowest BCUT2D eigenvalue weighted by atomic mass is 9.78. The van der Waals surface area contributed by atoms with Gasteiger partial charge in [0, 0.05) is 5.02 Å². The highest BCUT2D eigenvalue weighted by molar-refractivity contribution is 6.30. The van der Waals surface area contributed by atoms with Crippen molar-refractivity contribution < 1.29 is 4.39 Å². The minimum atomic E-state index is -0.205. The van der Waals surface area contributed by atoms with Crippen molar-refractivity contribution in [1.29, 1.82) is 0 Å². The van der Waals surface area contributed by atoms with Crippen molar-refractivity contribution in [2.24, 2.45) is 5.92 Å². The molecule has 132 valence electrons. The average molecular weight is 357 g/mol. The zero-order chi connectivity index (χ0) is 17.5. The first-order valence-electron chi connectivity index (χ1n) is 9.35. The number of alkyl halides is 1. The Balaban J connectivity index is 1.55. The molecule has 2 aromatic rings. The Labute approximate surface area is 155 Å². The summed E-state index contributed by atoms with van der Waals surface area (Å²) in [6.07, 6.45) is 11.0. The largest absolute Gasteiger partial charge is 0.251 e. The van der Waals surface area contributed by atoms with Crippen LogP contribution in [0.15, 0.2) is 60.7 Å². The highest BCUT2D eigenvalue weighted by Crippen LogP contribution is 2.37. The van der Waals surface area contributed by atoms with Crippen molar-refractivity contribution in [1.82, 2.24) is 0 Å². The molecule has 0 amide bonds. The minimum absolute atomic E-state index is 0.205. The van der Waals surface area contributed by atoms with E-state index < -0.39 is 0 Å². The van der Waals surface area contributed by atoms with E-state index in [1.165, 1.54) is 42.4 Å². The lowest BCUT2D eigenvalue weighted by Crippen LogP contribution is -2.11. The third-order valence-corrected chi connectivity index (χ3v) is 5.50. The standard InChI is InChI=1S/C23H26ClF/c24-23-15-13-22(14-16-23)21-11-9-20(10-12-21)19-7-5-18(6-8-19)4-2-1-3-17-25/h2,4,9-16,18-19H,1,3,5-8,17H2/b4-2+. The Hall–Kier alpha value is -1.60. The average Bonchev–Trinajstić information content (AvgIpc) is 2.67. The first-order valence-corrected chi connectivity index (χ1v) is 9.72. The van der Waals surface area contributed by atoms with Gasteiger partial charge in [-0.1, -0.05) is 60.2 Å². The molecule has 2 heteroatoms. The van der Waals surface area contributed by atoms with Crippen LogP contribution in [-0.2, 0) is 0 Å². The van der Waals surface area contributed by atoms with Crippen LogP contribution in [0.25, 0.3) is 11.1 Å². The maximum atomic E-state index is 12.1. The van der Waals surface area contributed by atoms with Gasteiger partial charge in [0.1, 0.15) is 0 Å². The van der Waals surface area contributed by atoms with Gasteiger partial charge in [0.25, 0.3) is 0 Å². The van der Waals surface area contributed by atoms with Gasteiger partial charge in [0.15, 0.2) is 0 Å². The zero-order valence-electron chi connectivity index (χ0n) is 14.6. The van der Waals surface area contributed by atoms with Crippen molar-refractivity contribution in [2.75, 3.05) is 6.67 Å². The van der Waals surface area contributed by atoms with Crippen LogP contribution in [-0.4, -0.2) is 6.67 Å². The summed E-state index contributed by atoms with van der Waals surface area (Å²) < 4.78 is 12.1. The molecule has 1 aliphatic rings. The third kappa shape index (κ3) is 5.19. The fourth-order valence-corrected chi connectivity index (χ4v) is 3.84.